The number of hydrogen-bond donors (Lipinski definition) is 1. The molecule has 0 spiro atoms. The van der Waals surface area contributed by atoms with Crippen LogP contribution in [0.15, 0.2) is 18.2 Å². The maximum atomic E-state index is 12.9. The lowest BCUT2D eigenvalue weighted by atomic mass is 10.1. The fourth-order valence-corrected chi connectivity index (χ4v) is 3.52. The number of nitrogens with zero attached hydrogens (tertiary/aromatic N) is 2. The minimum absolute atomic E-state index is 0.0513. The standard InChI is InChI=1S/C18H25N3O4/c1-12-10-19-6-7-20(12)18(23)13-8-17(22)21(11-13)15-5-4-14(24-2)9-16(15)25-3/h4-5,9,12-13,19H,6-8,10-11H2,1-3H3. The van der Waals surface area contributed by atoms with Crippen LogP contribution >= 0.6 is 0 Å². The Labute approximate surface area is 147 Å². The molecule has 2 amide bonds. The van der Waals surface area contributed by atoms with E-state index >= 15 is 0 Å². The Kier molecular flexibility index (Phi) is 5.13. The number of methoxy groups -OCH3 is 2. The maximum Gasteiger partial charge on any atom is 0.228 e. The van der Waals surface area contributed by atoms with Crippen molar-refractivity contribution in [3.63, 3.8) is 0 Å². The van der Waals surface area contributed by atoms with Gasteiger partial charge in [0.05, 0.1) is 25.8 Å². The SMILES string of the molecule is COc1ccc(N2CC(C(=O)N3CCNCC3C)CC2=O)c(OC)c1. The van der Waals surface area contributed by atoms with Gasteiger partial charge in [-0.05, 0) is 19.1 Å². The summed E-state index contributed by atoms with van der Waals surface area (Å²) in [5.74, 6) is 0.938. The number of hydrogen-bond acceptors (Lipinski definition) is 5. The van der Waals surface area contributed by atoms with Crippen LogP contribution in [0.4, 0.5) is 5.69 Å². The van der Waals surface area contributed by atoms with Crippen LogP contribution in [0.5, 0.6) is 11.5 Å². The van der Waals surface area contributed by atoms with Gasteiger partial charge in [0.1, 0.15) is 11.5 Å². The summed E-state index contributed by atoms with van der Waals surface area (Å²) in [6.45, 7) is 4.70. The molecule has 0 bridgehead atoms. The summed E-state index contributed by atoms with van der Waals surface area (Å²) >= 11 is 0. The molecule has 7 nitrogen and oxygen atoms in total. The highest BCUT2D eigenvalue weighted by atomic mass is 16.5. The molecular weight excluding hydrogens is 322 g/mol. The predicted octanol–water partition coefficient (Wildman–Crippen LogP) is 0.877. The minimum atomic E-state index is -0.306. The van der Waals surface area contributed by atoms with Gasteiger partial charge >= 0.3 is 0 Å². The van der Waals surface area contributed by atoms with Crippen LogP contribution in [0.2, 0.25) is 0 Å². The third-order valence-corrected chi connectivity index (χ3v) is 4.94. The van der Waals surface area contributed by atoms with Gasteiger partial charge in [-0.2, -0.15) is 0 Å². The second kappa shape index (κ2) is 7.31. The predicted molar refractivity (Wildman–Crippen MR) is 94.1 cm³/mol. The lowest BCUT2D eigenvalue weighted by molar-refractivity contribution is -0.138. The van der Waals surface area contributed by atoms with E-state index in [1.54, 1.807) is 37.3 Å². The van der Waals surface area contributed by atoms with Gasteiger partial charge in [-0.3, -0.25) is 9.59 Å². The molecule has 7 heteroatoms. The summed E-state index contributed by atoms with van der Waals surface area (Å²) in [5.41, 5.74) is 0.678. The topological polar surface area (TPSA) is 71.1 Å². The molecule has 2 unspecified atom stereocenters. The van der Waals surface area contributed by atoms with Gasteiger partial charge in [-0.1, -0.05) is 0 Å². The van der Waals surface area contributed by atoms with Crippen LogP contribution in [0.1, 0.15) is 13.3 Å². The summed E-state index contributed by atoms with van der Waals surface area (Å²) in [7, 11) is 3.14. The van der Waals surface area contributed by atoms with Crippen LogP contribution in [0.3, 0.4) is 0 Å². The van der Waals surface area contributed by atoms with E-state index in [0.29, 0.717) is 30.3 Å². The molecule has 0 aliphatic carbocycles. The van der Waals surface area contributed by atoms with Gasteiger partial charge in [-0.25, -0.2) is 0 Å². The van der Waals surface area contributed by atoms with E-state index in [1.807, 2.05) is 11.8 Å². The van der Waals surface area contributed by atoms with E-state index in [4.69, 9.17) is 9.47 Å². The molecule has 3 rings (SSSR count). The molecule has 2 aliphatic rings. The molecule has 2 aliphatic heterocycles. The largest absolute Gasteiger partial charge is 0.497 e. The fraction of sp³-hybridized carbons (Fsp3) is 0.556. The molecule has 0 radical (unpaired) electrons. The molecule has 2 saturated heterocycles. The lowest BCUT2D eigenvalue weighted by Gasteiger charge is -2.35. The van der Waals surface area contributed by atoms with Crippen LogP contribution < -0.4 is 19.7 Å². The number of carbonyl (C=O) groups excluding carboxylic acids is 2. The number of piperazine rings is 1. The molecule has 2 heterocycles. The number of anilines is 1. The fourth-order valence-electron chi connectivity index (χ4n) is 3.52. The minimum Gasteiger partial charge on any atom is -0.497 e. The van der Waals surface area contributed by atoms with Crippen molar-refractivity contribution >= 4 is 17.5 Å². The van der Waals surface area contributed by atoms with Gasteiger partial charge in [0.2, 0.25) is 11.8 Å². The molecule has 1 N–H and O–H groups in total. The second-order valence-corrected chi connectivity index (χ2v) is 6.53. The first-order valence-corrected chi connectivity index (χ1v) is 8.58. The van der Waals surface area contributed by atoms with Gasteiger partial charge in [-0.15, -0.1) is 0 Å². The first-order chi connectivity index (χ1) is 12.0. The molecule has 1 aromatic carbocycles. The van der Waals surface area contributed by atoms with Crippen LogP contribution in [0, 0.1) is 5.92 Å². The van der Waals surface area contributed by atoms with Crippen LogP contribution in [-0.4, -0.2) is 63.2 Å². The normalized spacial score (nSPS) is 23.7. The number of nitrogens with one attached hydrogen (secondary N) is 1. The number of ether oxygens (including phenoxy) is 2. The highest BCUT2D eigenvalue weighted by Crippen LogP contribution is 2.36. The van der Waals surface area contributed by atoms with Crippen molar-refractivity contribution in [3.05, 3.63) is 18.2 Å². The van der Waals surface area contributed by atoms with E-state index in [0.717, 1.165) is 13.1 Å². The van der Waals surface area contributed by atoms with Crippen molar-refractivity contribution in [1.29, 1.82) is 0 Å². The molecule has 2 fully saturated rings. The third kappa shape index (κ3) is 3.42. The van der Waals surface area contributed by atoms with Crippen molar-refractivity contribution < 1.29 is 19.1 Å². The lowest BCUT2D eigenvalue weighted by Crippen LogP contribution is -2.54. The Balaban J connectivity index is 1.77. The smallest absolute Gasteiger partial charge is 0.228 e. The van der Waals surface area contributed by atoms with E-state index in [2.05, 4.69) is 5.32 Å². The van der Waals surface area contributed by atoms with E-state index in [9.17, 15) is 9.59 Å². The van der Waals surface area contributed by atoms with E-state index < -0.39 is 0 Å². The Morgan fingerprint density at radius 1 is 1.28 bits per heavy atom. The maximum absolute atomic E-state index is 12.9. The van der Waals surface area contributed by atoms with Crippen molar-refractivity contribution in [2.24, 2.45) is 5.92 Å². The van der Waals surface area contributed by atoms with Crippen molar-refractivity contribution in [3.8, 4) is 11.5 Å². The second-order valence-electron chi connectivity index (χ2n) is 6.53. The van der Waals surface area contributed by atoms with Crippen molar-refractivity contribution in [1.82, 2.24) is 10.2 Å². The first kappa shape index (κ1) is 17.5. The number of rotatable bonds is 4. The Morgan fingerprint density at radius 2 is 2.08 bits per heavy atom. The van der Waals surface area contributed by atoms with Crippen molar-refractivity contribution in [2.45, 2.75) is 19.4 Å². The zero-order valence-corrected chi connectivity index (χ0v) is 14.9. The molecule has 1 aromatic rings. The molecule has 136 valence electrons. The number of carbonyl (C=O) groups is 2. The highest BCUT2D eigenvalue weighted by molar-refractivity contribution is 6.01. The zero-order valence-electron chi connectivity index (χ0n) is 14.9. The van der Waals surface area contributed by atoms with E-state index in [-0.39, 0.29) is 30.2 Å². The molecule has 0 aromatic heterocycles. The number of benzene rings is 1. The molecule has 2 atom stereocenters. The summed E-state index contributed by atoms with van der Waals surface area (Å²) in [4.78, 5) is 28.9. The molecular formula is C18H25N3O4. The van der Waals surface area contributed by atoms with Gasteiger partial charge in [0, 0.05) is 44.7 Å². The molecule has 0 saturated carbocycles. The molecule has 25 heavy (non-hydrogen) atoms. The van der Waals surface area contributed by atoms with Crippen molar-refractivity contribution in [2.75, 3.05) is 45.3 Å². The quantitative estimate of drug-likeness (QED) is 0.875. The van der Waals surface area contributed by atoms with Gasteiger partial charge < -0.3 is 24.6 Å². The highest BCUT2D eigenvalue weighted by Gasteiger charge is 2.39. The zero-order chi connectivity index (χ0) is 18.0. The third-order valence-electron chi connectivity index (χ3n) is 4.94. The van der Waals surface area contributed by atoms with Gasteiger partial charge in [0.15, 0.2) is 0 Å². The monoisotopic (exact) mass is 347 g/mol. The average Bonchev–Trinajstić information content (AvgIpc) is 3.02. The van der Waals surface area contributed by atoms with E-state index in [1.165, 1.54) is 0 Å². The van der Waals surface area contributed by atoms with Crippen LogP contribution in [-0.2, 0) is 9.59 Å². The average molecular weight is 347 g/mol. The van der Waals surface area contributed by atoms with Gasteiger partial charge in [0.25, 0.3) is 0 Å². The van der Waals surface area contributed by atoms with Crippen LogP contribution in [0.25, 0.3) is 0 Å². The summed E-state index contributed by atoms with van der Waals surface area (Å²) in [6.07, 6.45) is 0.241. The Morgan fingerprint density at radius 3 is 2.76 bits per heavy atom. The summed E-state index contributed by atoms with van der Waals surface area (Å²) in [5, 5.41) is 3.28. The Bertz CT molecular complexity index is 664. The summed E-state index contributed by atoms with van der Waals surface area (Å²) in [6, 6.07) is 5.49. The number of amides is 2. The summed E-state index contributed by atoms with van der Waals surface area (Å²) < 4.78 is 10.6. The Hall–Kier alpha value is -2.28. The first-order valence-electron chi connectivity index (χ1n) is 8.58.